The molecule has 0 bridgehead atoms. The van der Waals surface area contributed by atoms with Gasteiger partial charge in [-0.2, -0.15) is 13.2 Å². The van der Waals surface area contributed by atoms with Gasteiger partial charge in [-0.1, -0.05) is 40.9 Å². The van der Waals surface area contributed by atoms with Crippen LogP contribution in [0, 0.1) is 0 Å². The van der Waals surface area contributed by atoms with Crippen LogP contribution >= 0.6 is 34.8 Å². The topological polar surface area (TPSA) is 42.2 Å². The van der Waals surface area contributed by atoms with Crippen LogP contribution in [0.4, 0.5) is 18.9 Å². The van der Waals surface area contributed by atoms with Crippen LogP contribution in [0.25, 0.3) is 11.3 Å². The van der Waals surface area contributed by atoms with Gasteiger partial charge in [-0.3, -0.25) is 4.79 Å². The fraction of sp³-hybridized carbons (Fsp3) is 0.0556. The molecule has 1 aromatic heterocycles. The number of carbonyl (C=O) groups excluding carboxylic acids is 1. The zero-order valence-corrected chi connectivity index (χ0v) is 15.5. The molecule has 0 spiro atoms. The highest BCUT2D eigenvalue weighted by Crippen LogP contribution is 2.37. The van der Waals surface area contributed by atoms with Crippen molar-refractivity contribution in [2.45, 2.75) is 6.18 Å². The number of benzene rings is 2. The molecule has 1 amide bonds. The average Bonchev–Trinajstić information content (AvgIpc) is 3.07. The molecule has 3 aromatic rings. The Morgan fingerprint density at radius 1 is 0.926 bits per heavy atom. The summed E-state index contributed by atoms with van der Waals surface area (Å²) in [5, 5.41) is 2.54. The normalized spacial score (nSPS) is 11.5. The summed E-state index contributed by atoms with van der Waals surface area (Å²) >= 11 is 17.6. The number of hydrogen-bond acceptors (Lipinski definition) is 2. The Hall–Kier alpha value is -2.15. The third kappa shape index (κ3) is 4.24. The summed E-state index contributed by atoms with van der Waals surface area (Å²) in [4.78, 5) is 12.3. The van der Waals surface area contributed by atoms with E-state index in [9.17, 15) is 18.0 Å². The maximum atomic E-state index is 13.0. The van der Waals surface area contributed by atoms with E-state index in [1.54, 1.807) is 18.2 Å². The van der Waals surface area contributed by atoms with Crippen LogP contribution in [0.3, 0.4) is 0 Å². The largest absolute Gasteiger partial charge is 0.451 e. The number of carbonyl (C=O) groups is 1. The van der Waals surface area contributed by atoms with Crippen LogP contribution in [0.2, 0.25) is 15.1 Å². The van der Waals surface area contributed by atoms with Gasteiger partial charge in [-0.05, 0) is 42.5 Å². The van der Waals surface area contributed by atoms with Gasteiger partial charge in [0.05, 0.1) is 26.3 Å². The first-order chi connectivity index (χ1) is 12.7. The van der Waals surface area contributed by atoms with E-state index in [1.165, 1.54) is 18.2 Å². The Morgan fingerprint density at radius 3 is 2.22 bits per heavy atom. The highest BCUT2D eigenvalue weighted by Gasteiger charge is 2.33. The molecule has 1 N–H and O–H groups in total. The first-order valence-corrected chi connectivity index (χ1v) is 8.52. The van der Waals surface area contributed by atoms with Crippen LogP contribution in [0.15, 0.2) is 52.9 Å². The van der Waals surface area contributed by atoms with Gasteiger partial charge in [0.25, 0.3) is 5.91 Å². The van der Waals surface area contributed by atoms with Crippen molar-refractivity contribution >= 4 is 46.4 Å². The highest BCUT2D eigenvalue weighted by atomic mass is 35.5. The van der Waals surface area contributed by atoms with Crippen molar-refractivity contribution in [1.82, 2.24) is 0 Å². The Labute approximate surface area is 166 Å². The predicted molar refractivity (Wildman–Crippen MR) is 98.6 cm³/mol. The monoisotopic (exact) mass is 433 g/mol. The number of rotatable bonds is 3. The van der Waals surface area contributed by atoms with Crippen LogP contribution in [-0.4, -0.2) is 5.91 Å². The predicted octanol–water partition coefficient (Wildman–Crippen LogP) is 7.18. The Kier molecular flexibility index (Phi) is 5.42. The maximum Gasteiger partial charge on any atom is 0.417 e. The van der Waals surface area contributed by atoms with E-state index in [2.05, 4.69) is 5.32 Å². The summed E-state index contributed by atoms with van der Waals surface area (Å²) in [6.07, 6.45) is -4.61. The van der Waals surface area contributed by atoms with E-state index < -0.39 is 22.7 Å². The first-order valence-electron chi connectivity index (χ1n) is 7.39. The van der Waals surface area contributed by atoms with Crippen molar-refractivity contribution in [3.05, 3.63) is 74.9 Å². The van der Waals surface area contributed by atoms with Gasteiger partial charge in [0.15, 0.2) is 5.76 Å². The molecule has 2 aromatic carbocycles. The third-order valence-electron chi connectivity index (χ3n) is 3.59. The Morgan fingerprint density at radius 2 is 1.59 bits per heavy atom. The lowest BCUT2D eigenvalue weighted by atomic mass is 10.1. The zero-order valence-electron chi connectivity index (χ0n) is 13.2. The number of anilines is 1. The summed E-state index contributed by atoms with van der Waals surface area (Å²) < 4.78 is 44.4. The van der Waals surface area contributed by atoms with Crippen LogP contribution in [0.5, 0.6) is 0 Å². The SMILES string of the molecule is O=C(Nc1c(Cl)cccc1Cl)c1ccc(-c2ccc(Cl)c(C(F)(F)F)c2)o1. The van der Waals surface area contributed by atoms with Crippen molar-refractivity contribution in [3.63, 3.8) is 0 Å². The van der Waals surface area contributed by atoms with Gasteiger partial charge in [-0.25, -0.2) is 0 Å². The maximum absolute atomic E-state index is 13.0. The molecule has 0 saturated heterocycles. The van der Waals surface area contributed by atoms with Crippen LogP contribution < -0.4 is 5.32 Å². The van der Waals surface area contributed by atoms with Crippen LogP contribution in [0.1, 0.15) is 16.1 Å². The molecule has 0 aliphatic carbocycles. The lowest BCUT2D eigenvalue weighted by Gasteiger charge is -2.10. The minimum Gasteiger partial charge on any atom is -0.451 e. The van der Waals surface area contributed by atoms with Crippen molar-refractivity contribution in [2.75, 3.05) is 5.32 Å². The Bertz CT molecular complexity index is 995. The molecule has 0 aliphatic heterocycles. The summed E-state index contributed by atoms with van der Waals surface area (Å²) in [5.74, 6) is -0.696. The molecule has 3 rings (SSSR count). The summed E-state index contributed by atoms with van der Waals surface area (Å²) in [7, 11) is 0. The molecule has 0 saturated carbocycles. The summed E-state index contributed by atoms with van der Waals surface area (Å²) in [6, 6.07) is 10.8. The molecule has 0 aliphatic rings. The second kappa shape index (κ2) is 7.46. The number of amides is 1. The molecule has 3 nitrogen and oxygen atoms in total. The smallest absolute Gasteiger partial charge is 0.417 e. The number of alkyl halides is 3. The van der Waals surface area contributed by atoms with Crippen molar-refractivity contribution in [2.24, 2.45) is 0 Å². The summed E-state index contributed by atoms with van der Waals surface area (Å²) in [6.45, 7) is 0. The van der Waals surface area contributed by atoms with E-state index in [4.69, 9.17) is 39.2 Å². The average molecular weight is 435 g/mol. The number of nitrogens with one attached hydrogen (secondary N) is 1. The standard InChI is InChI=1S/C18H9Cl3F3NO2/c19-11-5-4-9(8-10(11)18(22,23)24)14-6-7-15(27-14)17(26)25-16-12(20)2-1-3-13(16)21/h1-8H,(H,25,26). The van der Waals surface area contributed by atoms with Gasteiger partial charge in [0, 0.05) is 5.56 Å². The molecule has 27 heavy (non-hydrogen) atoms. The number of furan rings is 1. The van der Waals surface area contributed by atoms with E-state index in [-0.39, 0.29) is 32.8 Å². The van der Waals surface area contributed by atoms with E-state index in [0.717, 1.165) is 12.1 Å². The van der Waals surface area contributed by atoms with Gasteiger partial charge >= 0.3 is 6.18 Å². The van der Waals surface area contributed by atoms with Gasteiger partial charge in [-0.15, -0.1) is 0 Å². The van der Waals surface area contributed by atoms with Crippen LogP contribution in [-0.2, 0) is 6.18 Å². The van der Waals surface area contributed by atoms with E-state index in [1.807, 2.05) is 0 Å². The van der Waals surface area contributed by atoms with Gasteiger partial charge < -0.3 is 9.73 Å². The lowest BCUT2D eigenvalue weighted by molar-refractivity contribution is -0.137. The molecular weight excluding hydrogens is 426 g/mol. The Balaban J connectivity index is 1.88. The molecule has 0 fully saturated rings. The minimum absolute atomic E-state index is 0.0765. The molecule has 0 radical (unpaired) electrons. The number of hydrogen-bond donors (Lipinski definition) is 1. The molecule has 0 atom stereocenters. The fourth-order valence-corrected chi connectivity index (χ4v) is 3.02. The first kappa shape index (κ1) is 19.6. The van der Waals surface area contributed by atoms with E-state index in [0.29, 0.717) is 0 Å². The lowest BCUT2D eigenvalue weighted by Crippen LogP contribution is -2.11. The van der Waals surface area contributed by atoms with Crippen molar-refractivity contribution < 1.29 is 22.4 Å². The second-order valence-electron chi connectivity index (χ2n) is 5.41. The van der Waals surface area contributed by atoms with E-state index >= 15 is 0 Å². The second-order valence-corrected chi connectivity index (χ2v) is 6.63. The third-order valence-corrected chi connectivity index (χ3v) is 4.55. The number of halogens is 6. The highest BCUT2D eigenvalue weighted by molar-refractivity contribution is 6.40. The fourth-order valence-electron chi connectivity index (χ4n) is 2.30. The van der Waals surface area contributed by atoms with Gasteiger partial charge in [0.2, 0.25) is 0 Å². The van der Waals surface area contributed by atoms with Gasteiger partial charge in [0.1, 0.15) is 5.76 Å². The molecular formula is C18H9Cl3F3NO2. The number of para-hydroxylation sites is 1. The van der Waals surface area contributed by atoms with Crippen molar-refractivity contribution in [1.29, 1.82) is 0 Å². The molecule has 9 heteroatoms. The minimum atomic E-state index is -4.61. The quantitative estimate of drug-likeness (QED) is 0.474. The summed E-state index contributed by atoms with van der Waals surface area (Å²) in [5.41, 5.74) is -0.664. The molecule has 140 valence electrons. The zero-order chi connectivity index (χ0) is 19.8. The molecule has 1 heterocycles. The molecule has 0 unspecified atom stereocenters. The van der Waals surface area contributed by atoms with Crippen molar-refractivity contribution in [3.8, 4) is 11.3 Å².